The summed E-state index contributed by atoms with van der Waals surface area (Å²) in [4.78, 5) is 12.1. The summed E-state index contributed by atoms with van der Waals surface area (Å²) in [6, 6.07) is 31.0. The van der Waals surface area contributed by atoms with Gasteiger partial charge in [-0.3, -0.25) is 4.79 Å². The number of carbonyl (C=O) groups is 1. The van der Waals surface area contributed by atoms with Gasteiger partial charge in [0.2, 0.25) is 0 Å². The van der Waals surface area contributed by atoms with Crippen molar-refractivity contribution in [1.82, 2.24) is 0 Å². The van der Waals surface area contributed by atoms with Gasteiger partial charge in [0.05, 0.1) is 78.6 Å². The van der Waals surface area contributed by atoms with Crippen LogP contribution in [0.3, 0.4) is 0 Å². The Kier molecular flexibility index (Phi) is 19.7. The van der Waals surface area contributed by atoms with Crippen molar-refractivity contribution in [2.75, 3.05) is 79.3 Å². The van der Waals surface area contributed by atoms with Gasteiger partial charge in [0, 0.05) is 0 Å². The van der Waals surface area contributed by atoms with Crippen LogP contribution in [0.2, 0.25) is 0 Å². The Labute approximate surface area is 281 Å². The first-order valence-corrected chi connectivity index (χ1v) is 17.1. The summed E-state index contributed by atoms with van der Waals surface area (Å²) in [6.45, 7) is 9.46. The molecule has 0 saturated carbocycles. The summed E-state index contributed by atoms with van der Waals surface area (Å²) in [5.74, 6) is -0.122. The number of hydrogen-bond donors (Lipinski definition) is 0. The van der Waals surface area contributed by atoms with E-state index >= 15 is 0 Å². The molecule has 0 saturated heterocycles. The fraction of sp³-hybridized carbons (Fsp3) is 0.513. The number of ether oxygens (including phenoxy) is 7. The minimum Gasteiger partial charge on any atom is -0.463 e. The topological polar surface area (TPSA) is 81.7 Å². The van der Waals surface area contributed by atoms with Gasteiger partial charge in [-0.25, -0.2) is 0 Å². The molecule has 0 aliphatic rings. The quantitative estimate of drug-likeness (QED) is 0.0504. The van der Waals surface area contributed by atoms with Gasteiger partial charge in [-0.2, -0.15) is 0 Å². The molecule has 0 bridgehead atoms. The summed E-state index contributed by atoms with van der Waals surface area (Å²) in [5, 5.41) is 0. The fourth-order valence-corrected chi connectivity index (χ4v) is 5.26. The highest BCUT2D eigenvalue weighted by Crippen LogP contribution is 2.40. The van der Waals surface area contributed by atoms with E-state index in [1.807, 2.05) is 61.5 Å². The minimum atomic E-state index is -0.750. The van der Waals surface area contributed by atoms with E-state index < -0.39 is 5.60 Å². The van der Waals surface area contributed by atoms with Gasteiger partial charge in [-0.05, 0) is 29.5 Å². The Morgan fingerprint density at radius 1 is 0.532 bits per heavy atom. The third kappa shape index (κ3) is 13.9. The first-order chi connectivity index (χ1) is 23.2. The Balaban J connectivity index is 1.20. The monoisotopic (exact) mass is 650 g/mol. The van der Waals surface area contributed by atoms with E-state index in [1.165, 1.54) is 0 Å². The lowest BCUT2D eigenvalue weighted by Gasteiger charge is -2.36. The van der Waals surface area contributed by atoms with Crippen molar-refractivity contribution in [1.29, 1.82) is 0 Å². The van der Waals surface area contributed by atoms with Crippen LogP contribution in [-0.4, -0.2) is 85.3 Å². The molecule has 3 aromatic rings. The third-order valence-electron chi connectivity index (χ3n) is 7.78. The SMILES string of the molecule is CCCCC(CC)C(=O)OCCOCCOCCOCCOCCOCCOC(c1ccccc1)(c1ccccc1)c1ccccc1. The predicted molar refractivity (Wildman–Crippen MR) is 184 cm³/mol. The maximum atomic E-state index is 12.1. The molecule has 1 unspecified atom stereocenters. The third-order valence-corrected chi connectivity index (χ3v) is 7.78. The summed E-state index contributed by atoms with van der Waals surface area (Å²) in [6.07, 6.45) is 3.84. The molecule has 0 aliphatic carbocycles. The second-order valence-electron chi connectivity index (χ2n) is 11.1. The van der Waals surface area contributed by atoms with Crippen molar-refractivity contribution >= 4 is 5.97 Å². The normalized spacial score (nSPS) is 12.2. The van der Waals surface area contributed by atoms with Crippen LogP contribution in [0.5, 0.6) is 0 Å². The molecule has 3 aromatic carbocycles. The Hall–Kier alpha value is -3.11. The lowest BCUT2D eigenvalue weighted by Crippen LogP contribution is -2.34. The highest BCUT2D eigenvalue weighted by atomic mass is 16.6. The van der Waals surface area contributed by atoms with Gasteiger partial charge in [0.25, 0.3) is 0 Å². The second kappa shape index (κ2) is 24.1. The van der Waals surface area contributed by atoms with Crippen molar-refractivity contribution in [2.24, 2.45) is 5.92 Å². The predicted octanol–water partition coefficient (Wildman–Crippen LogP) is 6.84. The van der Waals surface area contributed by atoms with Gasteiger partial charge in [-0.1, -0.05) is 118 Å². The van der Waals surface area contributed by atoms with Crippen molar-refractivity contribution in [3.05, 3.63) is 108 Å². The standard InChI is InChI=1S/C39H54O8/c1-3-5-15-34(4-2)38(40)46-32-30-44-28-26-42-24-22-41-23-25-43-27-29-45-31-33-47-39(35-16-9-6-10-17-35,36-18-11-7-12-19-36)37-20-13-8-14-21-37/h6-14,16-21,34H,3-5,15,22-33H2,1-2H3. The van der Waals surface area contributed by atoms with Crippen LogP contribution in [0.1, 0.15) is 56.2 Å². The maximum absolute atomic E-state index is 12.1. The van der Waals surface area contributed by atoms with Gasteiger partial charge in [0.1, 0.15) is 12.2 Å². The summed E-state index contributed by atoms with van der Waals surface area (Å²) in [5.41, 5.74) is 2.45. The van der Waals surface area contributed by atoms with Crippen LogP contribution >= 0.6 is 0 Å². The van der Waals surface area contributed by atoms with Gasteiger partial charge in [0.15, 0.2) is 0 Å². The van der Waals surface area contributed by atoms with E-state index in [0.29, 0.717) is 72.7 Å². The smallest absolute Gasteiger partial charge is 0.308 e. The van der Waals surface area contributed by atoms with E-state index in [2.05, 4.69) is 43.3 Å². The first-order valence-electron chi connectivity index (χ1n) is 17.1. The van der Waals surface area contributed by atoms with Crippen LogP contribution in [0.25, 0.3) is 0 Å². The van der Waals surface area contributed by atoms with Crippen LogP contribution in [0.15, 0.2) is 91.0 Å². The van der Waals surface area contributed by atoms with E-state index in [4.69, 9.17) is 33.2 Å². The zero-order valence-electron chi connectivity index (χ0n) is 28.3. The van der Waals surface area contributed by atoms with Gasteiger partial charge in [-0.15, -0.1) is 0 Å². The zero-order valence-corrected chi connectivity index (χ0v) is 28.3. The van der Waals surface area contributed by atoms with E-state index in [1.54, 1.807) is 0 Å². The van der Waals surface area contributed by atoms with E-state index in [0.717, 1.165) is 42.4 Å². The van der Waals surface area contributed by atoms with Crippen molar-refractivity contribution in [3.8, 4) is 0 Å². The number of hydrogen-bond acceptors (Lipinski definition) is 8. The highest BCUT2D eigenvalue weighted by Gasteiger charge is 2.37. The van der Waals surface area contributed by atoms with Crippen LogP contribution in [0, 0.1) is 5.92 Å². The molecule has 0 fully saturated rings. The molecule has 258 valence electrons. The van der Waals surface area contributed by atoms with Crippen molar-refractivity contribution < 1.29 is 38.0 Å². The van der Waals surface area contributed by atoms with Crippen LogP contribution < -0.4 is 0 Å². The molecule has 8 heteroatoms. The average molecular weight is 651 g/mol. The molecule has 0 amide bonds. The molecule has 3 rings (SSSR count). The van der Waals surface area contributed by atoms with Crippen LogP contribution in [0.4, 0.5) is 0 Å². The molecule has 8 nitrogen and oxygen atoms in total. The molecular formula is C39H54O8. The Morgan fingerprint density at radius 3 is 1.26 bits per heavy atom. The number of esters is 1. The Bertz CT molecular complexity index is 1080. The number of rotatable bonds is 27. The largest absolute Gasteiger partial charge is 0.463 e. The number of unbranched alkanes of at least 4 members (excludes halogenated alkanes) is 1. The lowest BCUT2D eigenvalue weighted by molar-refractivity contribution is -0.150. The molecule has 0 N–H and O–H groups in total. The Morgan fingerprint density at radius 2 is 0.894 bits per heavy atom. The second-order valence-corrected chi connectivity index (χ2v) is 11.1. The number of carbonyl (C=O) groups excluding carboxylic acids is 1. The molecule has 0 aromatic heterocycles. The van der Waals surface area contributed by atoms with Crippen LogP contribution in [-0.2, 0) is 43.6 Å². The average Bonchev–Trinajstić information content (AvgIpc) is 3.12. The maximum Gasteiger partial charge on any atom is 0.308 e. The molecule has 1 atom stereocenters. The number of benzene rings is 3. The van der Waals surface area contributed by atoms with E-state index in [9.17, 15) is 4.79 Å². The zero-order chi connectivity index (χ0) is 33.3. The summed E-state index contributed by atoms with van der Waals surface area (Å²) in [7, 11) is 0. The van der Waals surface area contributed by atoms with Crippen molar-refractivity contribution in [2.45, 2.75) is 45.1 Å². The van der Waals surface area contributed by atoms with Gasteiger partial charge < -0.3 is 33.2 Å². The minimum absolute atomic E-state index is 0.00469. The first kappa shape index (κ1) is 38.3. The molecular weight excluding hydrogens is 596 g/mol. The fourth-order valence-electron chi connectivity index (χ4n) is 5.26. The molecule has 0 radical (unpaired) electrons. The molecule has 0 aliphatic heterocycles. The summed E-state index contributed by atoms with van der Waals surface area (Å²) < 4.78 is 40.1. The lowest BCUT2D eigenvalue weighted by atomic mass is 9.80. The van der Waals surface area contributed by atoms with Crippen molar-refractivity contribution in [3.63, 3.8) is 0 Å². The summed E-state index contributed by atoms with van der Waals surface area (Å²) >= 11 is 0. The highest BCUT2D eigenvalue weighted by molar-refractivity contribution is 5.72. The molecule has 0 spiro atoms. The van der Waals surface area contributed by atoms with E-state index in [-0.39, 0.29) is 18.5 Å². The van der Waals surface area contributed by atoms with Gasteiger partial charge >= 0.3 is 5.97 Å². The molecule has 47 heavy (non-hydrogen) atoms. The molecule has 0 heterocycles.